The van der Waals surface area contributed by atoms with Gasteiger partial charge < -0.3 is 11.1 Å². The molecule has 0 aliphatic carbocycles. The van der Waals surface area contributed by atoms with Crippen LogP contribution in [-0.2, 0) is 6.54 Å². The minimum absolute atomic E-state index is 0.278. The summed E-state index contributed by atoms with van der Waals surface area (Å²) >= 11 is 0. The third-order valence-electron chi connectivity index (χ3n) is 2.46. The maximum absolute atomic E-state index is 12.7. The van der Waals surface area contributed by atoms with Crippen molar-refractivity contribution in [2.75, 3.05) is 5.73 Å². The van der Waals surface area contributed by atoms with Crippen LogP contribution in [0, 0.1) is 5.82 Å². The topological polar surface area (TPSA) is 68.0 Å². The summed E-state index contributed by atoms with van der Waals surface area (Å²) in [5, 5.41) is 2.71. The normalized spacial score (nSPS) is 10.1. The molecule has 2 aromatic rings. The number of benzene rings is 1. The van der Waals surface area contributed by atoms with Gasteiger partial charge in [0, 0.05) is 12.7 Å². The predicted molar refractivity (Wildman–Crippen MR) is 66.2 cm³/mol. The van der Waals surface area contributed by atoms with Crippen molar-refractivity contribution in [3.63, 3.8) is 0 Å². The minimum atomic E-state index is -0.302. The summed E-state index contributed by atoms with van der Waals surface area (Å²) in [5.41, 5.74) is 7.16. The van der Waals surface area contributed by atoms with Crippen molar-refractivity contribution in [1.29, 1.82) is 0 Å². The molecule has 0 fully saturated rings. The Hall–Kier alpha value is -2.43. The van der Waals surface area contributed by atoms with Gasteiger partial charge in [-0.05, 0) is 23.8 Å². The Bertz CT molecular complexity index is 554. The van der Waals surface area contributed by atoms with Gasteiger partial charge in [0.25, 0.3) is 5.91 Å². The van der Waals surface area contributed by atoms with E-state index in [1.807, 2.05) is 0 Å². The molecule has 1 amide bonds. The highest BCUT2D eigenvalue weighted by atomic mass is 19.1. The molecule has 0 aliphatic rings. The van der Waals surface area contributed by atoms with Crippen molar-refractivity contribution in [2.24, 2.45) is 0 Å². The third kappa shape index (κ3) is 2.82. The van der Waals surface area contributed by atoms with Gasteiger partial charge in [-0.15, -0.1) is 0 Å². The maximum atomic E-state index is 12.7. The standard InChI is InChI=1S/C13H12FN3O/c14-10-3-1-9(2-4-10)7-17-13(18)11-5-6-16-8-12(11)15/h1-6,8H,7,15H2,(H,17,18). The van der Waals surface area contributed by atoms with Crippen molar-refractivity contribution >= 4 is 11.6 Å². The highest BCUT2D eigenvalue weighted by molar-refractivity contribution is 5.98. The number of rotatable bonds is 3. The van der Waals surface area contributed by atoms with E-state index in [4.69, 9.17) is 5.73 Å². The summed E-state index contributed by atoms with van der Waals surface area (Å²) in [7, 11) is 0. The van der Waals surface area contributed by atoms with Crippen molar-refractivity contribution in [1.82, 2.24) is 10.3 Å². The quantitative estimate of drug-likeness (QED) is 0.865. The number of anilines is 1. The predicted octanol–water partition coefficient (Wildman–Crippen LogP) is 1.73. The highest BCUT2D eigenvalue weighted by Crippen LogP contribution is 2.09. The zero-order chi connectivity index (χ0) is 13.0. The van der Waals surface area contributed by atoms with Crippen LogP contribution in [0.4, 0.5) is 10.1 Å². The first-order chi connectivity index (χ1) is 8.66. The largest absolute Gasteiger partial charge is 0.397 e. The molecule has 4 nitrogen and oxygen atoms in total. The van der Waals surface area contributed by atoms with Crippen LogP contribution in [0.3, 0.4) is 0 Å². The van der Waals surface area contributed by atoms with Gasteiger partial charge in [-0.2, -0.15) is 0 Å². The van der Waals surface area contributed by atoms with E-state index in [2.05, 4.69) is 10.3 Å². The van der Waals surface area contributed by atoms with E-state index in [1.165, 1.54) is 24.5 Å². The smallest absolute Gasteiger partial charge is 0.253 e. The second kappa shape index (κ2) is 5.27. The summed E-state index contributed by atoms with van der Waals surface area (Å²) < 4.78 is 12.7. The number of hydrogen-bond donors (Lipinski definition) is 2. The molecule has 0 spiro atoms. The van der Waals surface area contributed by atoms with Crippen molar-refractivity contribution < 1.29 is 9.18 Å². The Morgan fingerprint density at radius 2 is 2.00 bits per heavy atom. The summed E-state index contributed by atoms with van der Waals surface area (Å²) in [6.07, 6.45) is 2.93. The van der Waals surface area contributed by atoms with Gasteiger partial charge in [0.05, 0.1) is 17.4 Å². The minimum Gasteiger partial charge on any atom is -0.397 e. The van der Waals surface area contributed by atoms with E-state index < -0.39 is 0 Å². The molecular formula is C13H12FN3O. The number of nitrogen functional groups attached to an aromatic ring is 1. The molecule has 1 aromatic carbocycles. The molecular weight excluding hydrogens is 233 g/mol. The molecule has 0 bridgehead atoms. The van der Waals surface area contributed by atoms with Gasteiger partial charge in [0.15, 0.2) is 0 Å². The van der Waals surface area contributed by atoms with Gasteiger partial charge in [-0.3, -0.25) is 9.78 Å². The molecule has 0 saturated carbocycles. The number of carbonyl (C=O) groups excluding carboxylic acids is 1. The van der Waals surface area contributed by atoms with Crippen LogP contribution >= 0.6 is 0 Å². The van der Waals surface area contributed by atoms with Gasteiger partial charge in [-0.25, -0.2) is 4.39 Å². The number of pyridine rings is 1. The molecule has 0 radical (unpaired) electrons. The average Bonchev–Trinajstić information content (AvgIpc) is 2.38. The highest BCUT2D eigenvalue weighted by Gasteiger charge is 2.08. The maximum Gasteiger partial charge on any atom is 0.253 e. The fraction of sp³-hybridized carbons (Fsp3) is 0.0769. The number of nitrogens with two attached hydrogens (primary N) is 1. The van der Waals surface area contributed by atoms with Crippen LogP contribution in [0.15, 0.2) is 42.7 Å². The number of halogens is 1. The van der Waals surface area contributed by atoms with Crippen LogP contribution in [0.25, 0.3) is 0 Å². The monoisotopic (exact) mass is 245 g/mol. The molecule has 0 aliphatic heterocycles. The SMILES string of the molecule is Nc1cnccc1C(=O)NCc1ccc(F)cc1. The number of aromatic nitrogens is 1. The molecule has 0 unspecified atom stereocenters. The Balaban J connectivity index is 2.01. The van der Waals surface area contributed by atoms with Crippen LogP contribution in [-0.4, -0.2) is 10.9 Å². The Morgan fingerprint density at radius 3 is 2.67 bits per heavy atom. The average molecular weight is 245 g/mol. The first-order valence-electron chi connectivity index (χ1n) is 5.39. The lowest BCUT2D eigenvalue weighted by molar-refractivity contribution is 0.0951. The number of nitrogens with one attached hydrogen (secondary N) is 1. The molecule has 1 aromatic heterocycles. The Kier molecular flexibility index (Phi) is 3.52. The van der Waals surface area contributed by atoms with Crippen molar-refractivity contribution in [3.8, 4) is 0 Å². The van der Waals surface area contributed by atoms with E-state index in [0.29, 0.717) is 17.8 Å². The Labute approximate surface area is 104 Å². The molecule has 2 rings (SSSR count). The van der Waals surface area contributed by atoms with Gasteiger partial charge in [0.2, 0.25) is 0 Å². The Morgan fingerprint density at radius 1 is 1.28 bits per heavy atom. The molecule has 1 heterocycles. The fourth-order valence-corrected chi connectivity index (χ4v) is 1.49. The first kappa shape index (κ1) is 12.0. The molecule has 18 heavy (non-hydrogen) atoms. The third-order valence-corrected chi connectivity index (χ3v) is 2.46. The number of amides is 1. The fourth-order valence-electron chi connectivity index (χ4n) is 1.49. The first-order valence-corrected chi connectivity index (χ1v) is 5.39. The second-order valence-corrected chi connectivity index (χ2v) is 3.77. The van der Waals surface area contributed by atoms with Crippen LogP contribution in [0.1, 0.15) is 15.9 Å². The van der Waals surface area contributed by atoms with Crippen LogP contribution in [0.2, 0.25) is 0 Å². The van der Waals surface area contributed by atoms with E-state index >= 15 is 0 Å². The summed E-state index contributed by atoms with van der Waals surface area (Å²) in [5.74, 6) is -0.581. The van der Waals surface area contributed by atoms with Crippen molar-refractivity contribution in [3.05, 3.63) is 59.7 Å². The molecule has 3 N–H and O–H groups in total. The molecule has 5 heteroatoms. The lowest BCUT2D eigenvalue weighted by atomic mass is 10.2. The van der Waals surface area contributed by atoms with Gasteiger partial charge in [0.1, 0.15) is 5.82 Å². The number of nitrogens with zero attached hydrogens (tertiary/aromatic N) is 1. The van der Waals surface area contributed by atoms with E-state index in [1.54, 1.807) is 18.2 Å². The zero-order valence-corrected chi connectivity index (χ0v) is 9.56. The van der Waals surface area contributed by atoms with Crippen LogP contribution < -0.4 is 11.1 Å². The lowest BCUT2D eigenvalue weighted by Crippen LogP contribution is -2.23. The number of hydrogen-bond acceptors (Lipinski definition) is 3. The summed E-state index contributed by atoms with van der Waals surface area (Å²) in [4.78, 5) is 15.6. The van der Waals surface area contributed by atoms with Gasteiger partial charge in [-0.1, -0.05) is 12.1 Å². The molecule has 92 valence electrons. The second-order valence-electron chi connectivity index (χ2n) is 3.77. The van der Waals surface area contributed by atoms with Gasteiger partial charge >= 0.3 is 0 Å². The van der Waals surface area contributed by atoms with E-state index in [-0.39, 0.29) is 11.7 Å². The van der Waals surface area contributed by atoms with Crippen molar-refractivity contribution in [2.45, 2.75) is 6.54 Å². The number of carbonyl (C=O) groups is 1. The zero-order valence-electron chi connectivity index (χ0n) is 9.56. The molecule has 0 saturated heterocycles. The van der Waals surface area contributed by atoms with Crippen LogP contribution in [0.5, 0.6) is 0 Å². The molecule has 0 atom stereocenters. The van der Waals surface area contributed by atoms with E-state index in [9.17, 15) is 9.18 Å². The summed E-state index contributed by atoms with van der Waals surface area (Å²) in [6.45, 7) is 0.320. The summed E-state index contributed by atoms with van der Waals surface area (Å²) in [6, 6.07) is 7.48. The van der Waals surface area contributed by atoms with E-state index in [0.717, 1.165) is 5.56 Å². The lowest BCUT2D eigenvalue weighted by Gasteiger charge is -2.07.